The van der Waals surface area contributed by atoms with Crippen molar-refractivity contribution in [2.24, 2.45) is 5.92 Å². The second-order valence-electron chi connectivity index (χ2n) is 5.78. The first-order valence-corrected chi connectivity index (χ1v) is 7.59. The molecule has 116 valence electrons. The Morgan fingerprint density at radius 1 is 1.52 bits per heavy atom. The Morgan fingerprint density at radius 2 is 2.29 bits per heavy atom. The lowest BCUT2D eigenvalue weighted by molar-refractivity contribution is -0.127. The number of methoxy groups -OCH3 is 1. The Hall–Kier alpha value is -1.46. The zero-order valence-electron chi connectivity index (χ0n) is 12.9. The molecule has 0 bridgehead atoms. The Kier molecular flexibility index (Phi) is 6.14. The summed E-state index contributed by atoms with van der Waals surface area (Å²) in [5.41, 5.74) is 1.23. The van der Waals surface area contributed by atoms with E-state index in [4.69, 9.17) is 4.74 Å². The van der Waals surface area contributed by atoms with Crippen LogP contribution in [0.5, 0.6) is 0 Å². The van der Waals surface area contributed by atoms with Crippen molar-refractivity contribution in [1.82, 2.24) is 15.2 Å². The van der Waals surface area contributed by atoms with Crippen LogP contribution in [0.2, 0.25) is 0 Å². The van der Waals surface area contributed by atoms with E-state index in [-0.39, 0.29) is 17.9 Å². The number of nitrogens with one attached hydrogen (secondary N) is 1. The zero-order valence-corrected chi connectivity index (χ0v) is 12.9. The van der Waals surface area contributed by atoms with E-state index in [1.807, 2.05) is 19.2 Å². The van der Waals surface area contributed by atoms with Crippen LogP contribution in [0, 0.1) is 5.92 Å². The first kappa shape index (κ1) is 15.9. The van der Waals surface area contributed by atoms with Gasteiger partial charge >= 0.3 is 0 Å². The molecule has 1 aliphatic rings. The van der Waals surface area contributed by atoms with Gasteiger partial charge in [0, 0.05) is 38.0 Å². The molecule has 0 saturated carbocycles. The van der Waals surface area contributed by atoms with Crippen molar-refractivity contribution >= 4 is 5.91 Å². The van der Waals surface area contributed by atoms with Crippen LogP contribution < -0.4 is 5.32 Å². The third-order valence-corrected chi connectivity index (χ3v) is 3.89. The van der Waals surface area contributed by atoms with Crippen molar-refractivity contribution < 1.29 is 9.53 Å². The fourth-order valence-corrected chi connectivity index (χ4v) is 2.76. The highest BCUT2D eigenvalue weighted by Gasteiger charge is 2.25. The summed E-state index contributed by atoms with van der Waals surface area (Å²) in [6.07, 6.45) is 5.55. The maximum absolute atomic E-state index is 12.2. The van der Waals surface area contributed by atoms with Gasteiger partial charge in [-0.2, -0.15) is 0 Å². The van der Waals surface area contributed by atoms with E-state index in [2.05, 4.69) is 21.3 Å². The highest BCUT2D eigenvalue weighted by atomic mass is 16.5. The van der Waals surface area contributed by atoms with Crippen LogP contribution >= 0.6 is 0 Å². The summed E-state index contributed by atoms with van der Waals surface area (Å²) in [7, 11) is 1.65. The topological polar surface area (TPSA) is 54.5 Å². The first-order chi connectivity index (χ1) is 10.2. The van der Waals surface area contributed by atoms with Gasteiger partial charge < -0.3 is 10.1 Å². The van der Waals surface area contributed by atoms with Crippen molar-refractivity contribution in [1.29, 1.82) is 0 Å². The number of pyridine rings is 1. The van der Waals surface area contributed by atoms with E-state index in [0.29, 0.717) is 6.61 Å². The molecule has 1 saturated heterocycles. The van der Waals surface area contributed by atoms with E-state index < -0.39 is 0 Å². The lowest BCUT2D eigenvalue weighted by Gasteiger charge is -2.31. The van der Waals surface area contributed by atoms with Crippen LogP contribution in [0.25, 0.3) is 0 Å². The molecule has 1 aromatic heterocycles. The highest BCUT2D eigenvalue weighted by Crippen LogP contribution is 2.19. The van der Waals surface area contributed by atoms with Gasteiger partial charge in [0.25, 0.3) is 0 Å². The molecular formula is C16H25N3O2. The largest absolute Gasteiger partial charge is 0.383 e. The SMILES string of the molecule is COCC(C)NC(=O)C1CCN(Cc2cccnc2)CC1. The predicted molar refractivity (Wildman–Crippen MR) is 81.7 cm³/mol. The molecule has 5 nitrogen and oxygen atoms in total. The van der Waals surface area contributed by atoms with E-state index >= 15 is 0 Å². The van der Waals surface area contributed by atoms with E-state index in [1.165, 1.54) is 5.56 Å². The van der Waals surface area contributed by atoms with Gasteiger partial charge in [0.1, 0.15) is 0 Å². The average Bonchev–Trinajstić information content (AvgIpc) is 2.49. The van der Waals surface area contributed by atoms with Crippen molar-refractivity contribution in [3.63, 3.8) is 0 Å². The molecule has 2 heterocycles. The standard InChI is InChI=1S/C16H25N3O2/c1-13(12-21-2)18-16(20)15-5-8-19(9-6-15)11-14-4-3-7-17-10-14/h3-4,7,10,13,15H,5-6,8-9,11-12H2,1-2H3,(H,18,20). The van der Waals surface area contributed by atoms with Gasteiger partial charge in [-0.1, -0.05) is 6.07 Å². The number of aromatic nitrogens is 1. The van der Waals surface area contributed by atoms with E-state index in [0.717, 1.165) is 32.5 Å². The first-order valence-electron chi connectivity index (χ1n) is 7.59. The predicted octanol–water partition coefficient (Wildman–Crippen LogP) is 1.44. The van der Waals surface area contributed by atoms with Crippen LogP contribution in [0.3, 0.4) is 0 Å². The second-order valence-corrected chi connectivity index (χ2v) is 5.78. The maximum atomic E-state index is 12.2. The zero-order chi connectivity index (χ0) is 15.1. The Bertz CT molecular complexity index is 430. The average molecular weight is 291 g/mol. The van der Waals surface area contributed by atoms with Gasteiger partial charge in [0.05, 0.1) is 6.61 Å². The summed E-state index contributed by atoms with van der Waals surface area (Å²) in [5, 5.41) is 3.02. The number of carbonyl (C=O) groups is 1. The summed E-state index contributed by atoms with van der Waals surface area (Å²) in [4.78, 5) is 18.7. The number of hydrogen-bond acceptors (Lipinski definition) is 4. The molecule has 0 spiro atoms. The molecule has 1 atom stereocenters. The van der Waals surface area contributed by atoms with E-state index in [9.17, 15) is 4.79 Å². The number of ether oxygens (including phenoxy) is 1. The maximum Gasteiger partial charge on any atom is 0.223 e. The minimum absolute atomic E-state index is 0.0796. The number of nitrogens with zero attached hydrogens (tertiary/aromatic N) is 2. The van der Waals surface area contributed by atoms with Gasteiger partial charge in [-0.3, -0.25) is 14.7 Å². The number of carbonyl (C=O) groups excluding carboxylic acids is 1. The van der Waals surface area contributed by atoms with Crippen LogP contribution in [0.1, 0.15) is 25.3 Å². The summed E-state index contributed by atoms with van der Waals surface area (Å²) in [5.74, 6) is 0.301. The number of amides is 1. The molecule has 21 heavy (non-hydrogen) atoms. The number of likely N-dealkylation sites (tertiary alicyclic amines) is 1. The van der Waals surface area contributed by atoms with Crippen LogP contribution in [0.15, 0.2) is 24.5 Å². The Balaban J connectivity index is 1.74. The van der Waals surface area contributed by atoms with Crippen LogP contribution in [-0.2, 0) is 16.1 Å². The van der Waals surface area contributed by atoms with Crippen molar-refractivity contribution in [2.45, 2.75) is 32.4 Å². The number of rotatable bonds is 6. The fourth-order valence-electron chi connectivity index (χ4n) is 2.76. The monoisotopic (exact) mass is 291 g/mol. The smallest absolute Gasteiger partial charge is 0.223 e. The molecular weight excluding hydrogens is 266 g/mol. The summed E-state index contributed by atoms with van der Waals surface area (Å²) >= 11 is 0. The molecule has 1 aliphatic heterocycles. The molecule has 5 heteroatoms. The van der Waals surface area contributed by atoms with Gasteiger partial charge in [-0.05, 0) is 44.5 Å². The molecule has 0 aliphatic carbocycles. The lowest BCUT2D eigenvalue weighted by Crippen LogP contribution is -2.44. The van der Waals surface area contributed by atoms with Gasteiger partial charge in [0.2, 0.25) is 5.91 Å². The van der Waals surface area contributed by atoms with Gasteiger partial charge in [0.15, 0.2) is 0 Å². The van der Waals surface area contributed by atoms with Crippen LogP contribution in [-0.4, -0.2) is 48.6 Å². The summed E-state index contributed by atoms with van der Waals surface area (Å²) < 4.78 is 5.05. The Morgan fingerprint density at radius 3 is 2.90 bits per heavy atom. The molecule has 1 amide bonds. The lowest BCUT2D eigenvalue weighted by atomic mass is 9.95. The third-order valence-electron chi connectivity index (χ3n) is 3.89. The van der Waals surface area contributed by atoms with Gasteiger partial charge in [-0.25, -0.2) is 0 Å². The molecule has 1 fully saturated rings. The third kappa shape index (κ3) is 5.10. The van der Waals surface area contributed by atoms with Crippen molar-refractivity contribution in [2.75, 3.05) is 26.8 Å². The number of piperidine rings is 1. The molecule has 1 aromatic rings. The number of hydrogen-bond donors (Lipinski definition) is 1. The molecule has 0 radical (unpaired) electrons. The normalized spacial score (nSPS) is 18.4. The minimum Gasteiger partial charge on any atom is -0.383 e. The highest BCUT2D eigenvalue weighted by molar-refractivity contribution is 5.79. The summed E-state index contributed by atoms with van der Waals surface area (Å²) in [6.45, 7) is 5.38. The Labute approximate surface area is 126 Å². The fraction of sp³-hybridized carbons (Fsp3) is 0.625. The van der Waals surface area contributed by atoms with Crippen LogP contribution in [0.4, 0.5) is 0 Å². The molecule has 2 rings (SSSR count). The molecule has 1 unspecified atom stereocenters. The van der Waals surface area contributed by atoms with Gasteiger partial charge in [-0.15, -0.1) is 0 Å². The van der Waals surface area contributed by atoms with Crippen molar-refractivity contribution in [3.05, 3.63) is 30.1 Å². The summed E-state index contributed by atoms with van der Waals surface area (Å²) in [6, 6.07) is 4.14. The molecule has 0 aromatic carbocycles. The van der Waals surface area contributed by atoms with E-state index in [1.54, 1.807) is 13.3 Å². The second kappa shape index (κ2) is 8.10. The molecule has 1 N–H and O–H groups in total. The quantitative estimate of drug-likeness (QED) is 0.862. The minimum atomic E-state index is 0.0796. The van der Waals surface area contributed by atoms with Crippen molar-refractivity contribution in [3.8, 4) is 0 Å².